The lowest BCUT2D eigenvalue weighted by molar-refractivity contribution is 1.08. The van der Waals surface area contributed by atoms with Crippen LogP contribution < -0.4 is 5.69 Å². The van der Waals surface area contributed by atoms with Gasteiger partial charge < -0.3 is 4.98 Å². The van der Waals surface area contributed by atoms with E-state index in [-0.39, 0.29) is 5.69 Å². The van der Waals surface area contributed by atoms with Crippen molar-refractivity contribution in [2.45, 2.75) is 6.92 Å². The molecule has 0 fully saturated rings. The molecule has 0 radical (unpaired) electrons. The molecule has 0 spiro atoms. The van der Waals surface area contributed by atoms with Crippen molar-refractivity contribution in [1.82, 2.24) is 9.97 Å². The Morgan fingerprint density at radius 3 is 2.71 bits per heavy atom. The lowest BCUT2D eigenvalue weighted by Gasteiger charge is -2.03. The molecule has 1 N–H and O–H groups in total. The molecular weight excluding hydrogens is 176 g/mol. The number of aromatic amines is 1. The first-order chi connectivity index (χ1) is 6.77. The van der Waals surface area contributed by atoms with E-state index in [9.17, 15) is 4.79 Å². The van der Waals surface area contributed by atoms with Crippen molar-refractivity contribution in [1.29, 1.82) is 0 Å². The minimum absolute atomic E-state index is 0.317. The van der Waals surface area contributed by atoms with E-state index in [0.29, 0.717) is 0 Å². The summed E-state index contributed by atoms with van der Waals surface area (Å²) >= 11 is 0. The fourth-order valence-corrected chi connectivity index (χ4v) is 1.39. The number of nitrogens with zero attached hydrogens (tertiary/aromatic N) is 1. The molecule has 0 aliphatic carbocycles. The first kappa shape index (κ1) is 8.69. The third-order valence-electron chi connectivity index (χ3n) is 2.13. The van der Waals surface area contributed by atoms with E-state index >= 15 is 0 Å². The van der Waals surface area contributed by atoms with Crippen molar-refractivity contribution in [2.24, 2.45) is 0 Å². The van der Waals surface area contributed by atoms with E-state index in [2.05, 4.69) is 9.97 Å². The molecule has 1 aromatic heterocycles. The van der Waals surface area contributed by atoms with Gasteiger partial charge in [-0.2, -0.15) is 0 Å². The molecule has 0 saturated heterocycles. The molecule has 70 valence electrons. The van der Waals surface area contributed by atoms with Crippen LogP contribution in [0.1, 0.15) is 5.56 Å². The summed E-state index contributed by atoms with van der Waals surface area (Å²) in [6.07, 6.45) is 3.26. The monoisotopic (exact) mass is 186 g/mol. The number of H-pyrrole nitrogens is 1. The number of hydrogen-bond acceptors (Lipinski definition) is 2. The average molecular weight is 186 g/mol. The molecule has 2 aromatic rings. The summed E-state index contributed by atoms with van der Waals surface area (Å²) in [5.41, 5.74) is 2.88. The highest BCUT2D eigenvalue weighted by Crippen LogP contribution is 2.20. The second-order valence-corrected chi connectivity index (χ2v) is 3.12. The van der Waals surface area contributed by atoms with Crippen LogP contribution in [-0.4, -0.2) is 9.97 Å². The maximum Gasteiger partial charge on any atom is 0.344 e. The standard InChI is InChI=1S/C11H10N2O/c1-8-4-2-3-5-10(8)9-6-12-11(14)13-7-9/h2-7H,1H3,(H,12,13,14). The molecule has 0 saturated carbocycles. The summed E-state index contributed by atoms with van der Waals surface area (Å²) in [6.45, 7) is 2.03. The molecule has 0 atom stereocenters. The second-order valence-electron chi connectivity index (χ2n) is 3.12. The van der Waals surface area contributed by atoms with E-state index in [1.165, 1.54) is 5.56 Å². The number of benzene rings is 1. The summed E-state index contributed by atoms with van der Waals surface area (Å²) in [5, 5.41) is 0. The van der Waals surface area contributed by atoms with Gasteiger partial charge in [-0.1, -0.05) is 24.3 Å². The maximum atomic E-state index is 10.8. The SMILES string of the molecule is Cc1ccccc1-c1cnc(=O)[nH]c1. The Kier molecular flexibility index (Phi) is 2.14. The minimum atomic E-state index is -0.317. The van der Waals surface area contributed by atoms with Crippen molar-refractivity contribution in [3.05, 3.63) is 52.7 Å². The van der Waals surface area contributed by atoms with Crippen LogP contribution in [0, 0.1) is 6.92 Å². The molecular formula is C11H10N2O. The van der Waals surface area contributed by atoms with Gasteiger partial charge in [-0.3, -0.25) is 0 Å². The third kappa shape index (κ3) is 1.57. The number of rotatable bonds is 1. The van der Waals surface area contributed by atoms with E-state index < -0.39 is 0 Å². The van der Waals surface area contributed by atoms with Crippen LogP contribution >= 0.6 is 0 Å². The van der Waals surface area contributed by atoms with Gasteiger partial charge in [-0.25, -0.2) is 9.78 Å². The van der Waals surface area contributed by atoms with Crippen LogP contribution in [0.25, 0.3) is 11.1 Å². The van der Waals surface area contributed by atoms with Crippen molar-refractivity contribution in [2.75, 3.05) is 0 Å². The van der Waals surface area contributed by atoms with Gasteiger partial charge in [0, 0.05) is 18.0 Å². The van der Waals surface area contributed by atoms with Crippen LogP contribution in [0.3, 0.4) is 0 Å². The van der Waals surface area contributed by atoms with Gasteiger partial charge in [0.15, 0.2) is 0 Å². The fraction of sp³-hybridized carbons (Fsp3) is 0.0909. The van der Waals surface area contributed by atoms with E-state index in [0.717, 1.165) is 11.1 Å². The molecule has 2 rings (SSSR count). The summed E-state index contributed by atoms with van der Waals surface area (Å²) in [6, 6.07) is 7.98. The lowest BCUT2D eigenvalue weighted by atomic mass is 10.0. The van der Waals surface area contributed by atoms with Gasteiger partial charge in [0.1, 0.15) is 0 Å². The van der Waals surface area contributed by atoms with E-state index in [1.807, 2.05) is 31.2 Å². The van der Waals surface area contributed by atoms with Gasteiger partial charge in [-0.15, -0.1) is 0 Å². The number of aryl methyl sites for hydroxylation is 1. The van der Waals surface area contributed by atoms with Crippen LogP contribution in [-0.2, 0) is 0 Å². The molecule has 0 amide bonds. The third-order valence-corrected chi connectivity index (χ3v) is 2.13. The van der Waals surface area contributed by atoms with Crippen LogP contribution in [0.15, 0.2) is 41.5 Å². The zero-order valence-corrected chi connectivity index (χ0v) is 7.82. The smallest absolute Gasteiger partial charge is 0.312 e. The molecule has 1 heterocycles. The molecule has 0 unspecified atom stereocenters. The average Bonchev–Trinajstić information content (AvgIpc) is 2.20. The van der Waals surface area contributed by atoms with Crippen molar-refractivity contribution < 1.29 is 0 Å². The Morgan fingerprint density at radius 1 is 1.29 bits per heavy atom. The topological polar surface area (TPSA) is 45.8 Å². The summed E-state index contributed by atoms with van der Waals surface area (Å²) in [5.74, 6) is 0. The Morgan fingerprint density at radius 2 is 2.07 bits per heavy atom. The zero-order valence-electron chi connectivity index (χ0n) is 7.82. The predicted molar refractivity (Wildman–Crippen MR) is 55.0 cm³/mol. The molecule has 14 heavy (non-hydrogen) atoms. The van der Waals surface area contributed by atoms with E-state index in [1.54, 1.807) is 12.4 Å². The zero-order chi connectivity index (χ0) is 9.97. The Balaban J connectivity index is 2.55. The number of aromatic nitrogens is 2. The van der Waals surface area contributed by atoms with Crippen molar-refractivity contribution in [3.63, 3.8) is 0 Å². The van der Waals surface area contributed by atoms with Crippen molar-refractivity contribution >= 4 is 0 Å². The Labute approximate surface area is 81.5 Å². The van der Waals surface area contributed by atoms with Crippen molar-refractivity contribution in [3.8, 4) is 11.1 Å². The summed E-state index contributed by atoms with van der Waals surface area (Å²) in [7, 11) is 0. The Hall–Kier alpha value is -1.90. The number of hydrogen-bond donors (Lipinski definition) is 1. The highest BCUT2D eigenvalue weighted by molar-refractivity contribution is 5.65. The lowest BCUT2D eigenvalue weighted by Crippen LogP contribution is -2.07. The minimum Gasteiger partial charge on any atom is -0.312 e. The predicted octanol–water partition coefficient (Wildman–Crippen LogP) is 1.75. The molecule has 3 heteroatoms. The van der Waals surface area contributed by atoms with Gasteiger partial charge in [0.25, 0.3) is 0 Å². The quantitative estimate of drug-likeness (QED) is 0.737. The molecule has 0 aliphatic rings. The first-order valence-corrected chi connectivity index (χ1v) is 4.38. The largest absolute Gasteiger partial charge is 0.344 e. The molecule has 0 bridgehead atoms. The summed E-state index contributed by atoms with van der Waals surface area (Å²) < 4.78 is 0. The molecule has 3 nitrogen and oxygen atoms in total. The Bertz CT molecular complexity index is 482. The molecule has 1 aromatic carbocycles. The highest BCUT2D eigenvalue weighted by atomic mass is 16.1. The fourth-order valence-electron chi connectivity index (χ4n) is 1.39. The van der Waals surface area contributed by atoms with Gasteiger partial charge in [-0.05, 0) is 18.1 Å². The van der Waals surface area contributed by atoms with Crippen LogP contribution in [0.5, 0.6) is 0 Å². The molecule has 0 aliphatic heterocycles. The van der Waals surface area contributed by atoms with Crippen LogP contribution in [0.4, 0.5) is 0 Å². The highest BCUT2D eigenvalue weighted by Gasteiger charge is 2.00. The second kappa shape index (κ2) is 3.46. The van der Waals surface area contributed by atoms with Gasteiger partial charge in [0.2, 0.25) is 0 Å². The van der Waals surface area contributed by atoms with E-state index in [4.69, 9.17) is 0 Å². The maximum absolute atomic E-state index is 10.8. The van der Waals surface area contributed by atoms with Gasteiger partial charge in [0.05, 0.1) is 0 Å². The number of nitrogens with one attached hydrogen (secondary N) is 1. The normalized spacial score (nSPS) is 10.1. The summed E-state index contributed by atoms with van der Waals surface area (Å²) in [4.78, 5) is 17.0. The van der Waals surface area contributed by atoms with Crippen LogP contribution in [0.2, 0.25) is 0 Å². The first-order valence-electron chi connectivity index (χ1n) is 4.38. The van der Waals surface area contributed by atoms with Gasteiger partial charge >= 0.3 is 5.69 Å².